The Labute approximate surface area is 69.0 Å². The lowest BCUT2D eigenvalue weighted by molar-refractivity contribution is -0.487. The third-order valence-electron chi connectivity index (χ3n) is 1.37. The van der Waals surface area contributed by atoms with Gasteiger partial charge in [-0.1, -0.05) is 6.92 Å². The quantitative estimate of drug-likeness (QED) is 0.445. The summed E-state index contributed by atoms with van der Waals surface area (Å²) in [5.74, 6) is -1.77. The number of aliphatic carboxylic acids is 1. The van der Waals surface area contributed by atoms with Crippen molar-refractivity contribution in [3.05, 3.63) is 10.1 Å². The summed E-state index contributed by atoms with van der Waals surface area (Å²) in [6.07, 6.45) is -1.59. The average molecular weight is 177 g/mol. The van der Waals surface area contributed by atoms with Gasteiger partial charge in [-0.05, 0) is 6.42 Å². The molecule has 0 bridgehead atoms. The second-order valence-corrected chi connectivity index (χ2v) is 2.71. The van der Waals surface area contributed by atoms with Crippen molar-refractivity contribution >= 4 is 5.97 Å². The number of hydrogen-bond donors (Lipinski definition) is 2. The van der Waals surface area contributed by atoms with Crippen LogP contribution in [0.5, 0.6) is 0 Å². The Morgan fingerprint density at radius 3 is 2.50 bits per heavy atom. The van der Waals surface area contributed by atoms with Crippen LogP contribution in [0.25, 0.3) is 0 Å². The predicted octanol–water partition coefficient (Wildman–Crippen LogP) is -0.265. The number of carboxylic acids is 1. The molecule has 0 aliphatic rings. The van der Waals surface area contributed by atoms with Crippen molar-refractivity contribution < 1.29 is 19.9 Å². The lowest BCUT2D eigenvalue weighted by Gasteiger charge is -2.08. The zero-order valence-electron chi connectivity index (χ0n) is 6.64. The summed E-state index contributed by atoms with van der Waals surface area (Å²) in [7, 11) is 0. The van der Waals surface area contributed by atoms with Crippen LogP contribution in [0.4, 0.5) is 0 Å². The number of hydrogen-bond acceptors (Lipinski definition) is 4. The van der Waals surface area contributed by atoms with Crippen molar-refractivity contribution in [3.8, 4) is 0 Å². The zero-order chi connectivity index (χ0) is 9.72. The minimum atomic E-state index is -1.50. The third kappa shape index (κ3) is 4.62. The molecule has 0 heterocycles. The molecule has 2 N–H and O–H groups in total. The second kappa shape index (κ2) is 4.66. The minimum Gasteiger partial charge on any atom is -0.479 e. The van der Waals surface area contributed by atoms with E-state index in [9.17, 15) is 14.9 Å². The highest BCUT2D eigenvalue weighted by atomic mass is 16.6. The first kappa shape index (κ1) is 10.8. The Balaban J connectivity index is 3.76. The first-order chi connectivity index (χ1) is 5.43. The molecule has 0 aromatic rings. The summed E-state index contributed by atoms with van der Waals surface area (Å²) in [5, 5.41) is 27.0. The van der Waals surface area contributed by atoms with Crippen LogP contribution in [0.15, 0.2) is 0 Å². The summed E-state index contributed by atoms with van der Waals surface area (Å²) in [6, 6.07) is 0. The standard InChI is InChI=1S/C6H11NO5/c1-4(3-7(11)12)2-5(8)6(9)10/h4-5,8H,2-3H2,1H3,(H,9,10)/t4-,5+/m1/s1. The van der Waals surface area contributed by atoms with E-state index in [0.717, 1.165) is 0 Å². The van der Waals surface area contributed by atoms with Gasteiger partial charge in [-0.2, -0.15) is 0 Å². The highest BCUT2D eigenvalue weighted by Crippen LogP contribution is 2.05. The van der Waals surface area contributed by atoms with Crippen LogP contribution in [0.1, 0.15) is 13.3 Å². The molecule has 0 aliphatic carbocycles. The van der Waals surface area contributed by atoms with Gasteiger partial charge in [-0.15, -0.1) is 0 Å². The molecule has 0 radical (unpaired) electrons. The fraction of sp³-hybridized carbons (Fsp3) is 0.833. The maximum Gasteiger partial charge on any atom is 0.332 e. The van der Waals surface area contributed by atoms with Gasteiger partial charge in [0, 0.05) is 10.8 Å². The Hall–Kier alpha value is -1.17. The van der Waals surface area contributed by atoms with Crippen molar-refractivity contribution in [1.82, 2.24) is 0 Å². The topological polar surface area (TPSA) is 101 Å². The molecule has 6 heteroatoms. The summed E-state index contributed by atoms with van der Waals surface area (Å²) < 4.78 is 0. The number of aliphatic hydroxyl groups is 1. The van der Waals surface area contributed by atoms with Gasteiger partial charge in [-0.3, -0.25) is 10.1 Å². The molecule has 0 amide bonds. The van der Waals surface area contributed by atoms with Crippen molar-refractivity contribution in [1.29, 1.82) is 0 Å². The lowest BCUT2D eigenvalue weighted by atomic mass is 10.0. The average Bonchev–Trinajstić information content (AvgIpc) is 1.84. The molecule has 0 saturated heterocycles. The van der Waals surface area contributed by atoms with Gasteiger partial charge in [0.1, 0.15) is 0 Å². The molecule has 0 saturated carbocycles. The number of nitrogens with zero attached hydrogens (tertiary/aromatic N) is 1. The maximum absolute atomic E-state index is 10.1. The minimum absolute atomic E-state index is 0.0870. The molecule has 12 heavy (non-hydrogen) atoms. The lowest BCUT2D eigenvalue weighted by Crippen LogP contribution is -2.24. The number of nitro groups is 1. The SMILES string of the molecule is C[C@H](C[C@H](O)C(=O)O)C[N+](=O)[O-]. The highest BCUT2D eigenvalue weighted by molar-refractivity contribution is 5.71. The smallest absolute Gasteiger partial charge is 0.332 e. The van der Waals surface area contributed by atoms with Gasteiger partial charge in [-0.25, -0.2) is 4.79 Å². The van der Waals surface area contributed by atoms with Crippen molar-refractivity contribution in [2.75, 3.05) is 6.54 Å². The van der Waals surface area contributed by atoms with Gasteiger partial charge in [0.05, 0.1) is 0 Å². The largest absolute Gasteiger partial charge is 0.479 e. The molecule has 0 rings (SSSR count). The zero-order valence-corrected chi connectivity index (χ0v) is 6.64. The molecule has 0 fully saturated rings. The molecule has 0 unspecified atom stereocenters. The van der Waals surface area contributed by atoms with Crippen molar-refractivity contribution in [3.63, 3.8) is 0 Å². The Morgan fingerprint density at radius 1 is 1.67 bits per heavy atom. The van der Waals surface area contributed by atoms with Crippen molar-refractivity contribution in [2.24, 2.45) is 5.92 Å². The van der Waals surface area contributed by atoms with Gasteiger partial charge < -0.3 is 10.2 Å². The first-order valence-corrected chi connectivity index (χ1v) is 3.46. The number of rotatable bonds is 5. The Kier molecular flexibility index (Phi) is 4.20. The van der Waals surface area contributed by atoms with Crippen LogP contribution in [-0.4, -0.2) is 33.8 Å². The van der Waals surface area contributed by atoms with E-state index in [1.54, 1.807) is 0 Å². The molecule has 70 valence electrons. The molecule has 0 aromatic carbocycles. The molecule has 0 aromatic heterocycles. The molecule has 0 spiro atoms. The van der Waals surface area contributed by atoms with Crippen LogP contribution in [-0.2, 0) is 4.79 Å². The monoisotopic (exact) mass is 177 g/mol. The third-order valence-corrected chi connectivity index (χ3v) is 1.37. The molecule has 0 aliphatic heterocycles. The van der Waals surface area contributed by atoms with E-state index in [-0.39, 0.29) is 13.0 Å². The van der Waals surface area contributed by atoms with Gasteiger partial charge in [0.2, 0.25) is 6.54 Å². The van der Waals surface area contributed by atoms with E-state index >= 15 is 0 Å². The highest BCUT2D eigenvalue weighted by Gasteiger charge is 2.19. The fourth-order valence-electron chi connectivity index (χ4n) is 0.811. The van der Waals surface area contributed by atoms with Gasteiger partial charge in [0.25, 0.3) is 0 Å². The molecular weight excluding hydrogens is 166 g/mol. The second-order valence-electron chi connectivity index (χ2n) is 2.71. The molecule has 2 atom stereocenters. The Bertz CT molecular complexity index is 181. The van der Waals surface area contributed by atoms with Crippen molar-refractivity contribution in [2.45, 2.75) is 19.4 Å². The summed E-state index contributed by atoms with van der Waals surface area (Å²) >= 11 is 0. The Morgan fingerprint density at radius 2 is 2.17 bits per heavy atom. The van der Waals surface area contributed by atoms with E-state index in [4.69, 9.17) is 10.2 Å². The normalized spacial score (nSPS) is 15.2. The van der Waals surface area contributed by atoms with Crippen LogP contribution in [0.3, 0.4) is 0 Å². The first-order valence-electron chi connectivity index (χ1n) is 3.46. The number of aliphatic hydroxyl groups excluding tert-OH is 1. The van der Waals surface area contributed by atoms with E-state index in [1.165, 1.54) is 6.92 Å². The number of carboxylic acid groups (broad SMARTS) is 1. The summed E-state index contributed by atoms with van der Waals surface area (Å²) in [4.78, 5) is 19.5. The molecule has 6 nitrogen and oxygen atoms in total. The van der Waals surface area contributed by atoms with Crippen LogP contribution < -0.4 is 0 Å². The van der Waals surface area contributed by atoms with E-state index in [2.05, 4.69) is 0 Å². The van der Waals surface area contributed by atoms with Crippen LogP contribution >= 0.6 is 0 Å². The number of carbonyl (C=O) groups is 1. The summed E-state index contributed by atoms with van der Waals surface area (Å²) in [6.45, 7) is 1.21. The van der Waals surface area contributed by atoms with Gasteiger partial charge in [0.15, 0.2) is 6.10 Å². The van der Waals surface area contributed by atoms with Gasteiger partial charge >= 0.3 is 5.97 Å². The van der Waals surface area contributed by atoms with E-state index < -0.39 is 22.9 Å². The summed E-state index contributed by atoms with van der Waals surface area (Å²) in [5.41, 5.74) is 0. The maximum atomic E-state index is 10.1. The fourth-order valence-corrected chi connectivity index (χ4v) is 0.811. The van der Waals surface area contributed by atoms with Crippen LogP contribution in [0.2, 0.25) is 0 Å². The predicted molar refractivity (Wildman–Crippen MR) is 39.3 cm³/mol. The van der Waals surface area contributed by atoms with E-state index in [0.29, 0.717) is 0 Å². The van der Waals surface area contributed by atoms with Crippen LogP contribution in [0, 0.1) is 16.0 Å². The van der Waals surface area contributed by atoms with E-state index in [1.807, 2.05) is 0 Å². The molecular formula is C6H11NO5.